The first-order valence-corrected chi connectivity index (χ1v) is 7.79. The normalized spacial score (nSPS) is 10.1. The number of aryl methyl sites for hydroxylation is 2. The van der Waals surface area contributed by atoms with E-state index in [0.717, 1.165) is 11.3 Å². The van der Waals surface area contributed by atoms with E-state index in [2.05, 4.69) is 16.7 Å². The Hall–Kier alpha value is -2.82. The maximum atomic E-state index is 12.1. The summed E-state index contributed by atoms with van der Waals surface area (Å²) >= 11 is 0. The number of nitrogens with one attached hydrogen (secondary N) is 2. The molecule has 24 heavy (non-hydrogen) atoms. The second-order valence-corrected chi connectivity index (χ2v) is 5.58. The van der Waals surface area contributed by atoms with Crippen LogP contribution in [0.25, 0.3) is 0 Å². The van der Waals surface area contributed by atoms with Crippen LogP contribution in [0.4, 0.5) is 11.4 Å². The molecular formula is C19H22N2O3. The van der Waals surface area contributed by atoms with Gasteiger partial charge in [0.2, 0.25) is 5.91 Å². The lowest BCUT2D eigenvalue weighted by molar-refractivity contribution is -0.115. The van der Waals surface area contributed by atoms with Crippen molar-refractivity contribution < 1.29 is 14.3 Å². The third-order valence-corrected chi connectivity index (χ3v) is 3.66. The van der Waals surface area contributed by atoms with Crippen molar-refractivity contribution in [2.45, 2.75) is 20.3 Å². The molecule has 126 valence electrons. The predicted octanol–water partition coefficient (Wildman–Crippen LogP) is 3.53. The molecular weight excluding hydrogens is 304 g/mol. The zero-order valence-corrected chi connectivity index (χ0v) is 14.2. The van der Waals surface area contributed by atoms with E-state index in [0.29, 0.717) is 24.2 Å². The van der Waals surface area contributed by atoms with Crippen LogP contribution in [0.5, 0.6) is 0 Å². The maximum Gasteiger partial charge on any atom is 0.339 e. The summed E-state index contributed by atoms with van der Waals surface area (Å²) in [4.78, 5) is 23.8. The number of ether oxygens (including phenoxy) is 1. The van der Waals surface area contributed by atoms with Gasteiger partial charge in [0.25, 0.3) is 0 Å². The minimum atomic E-state index is -0.473. The van der Waals surface area contributed by atoms with Crippen molar-refractivity contribution in [2.75, 3.05) is 24.3 Å². The summed E-state index contributed by atoms with van der Waals surface area (Å²) in [5.41, 5.74) is 4.17. The summed E-state index contributed by atoms with van der Waals surface area (Å²) in [5, 5.41) is 6.01. The zero-order valence-electron chi connectivity index (χ0n) is 14.2. The Morgan fingerprint density at radius 3 is 2.50 bits per heavy atom. The fourth-order valence-corrected chi connectivity index (χ4v) is 2.42. The molecule has 0 aliphatic carbocycles. The molecule has 2 rings (SSSR count). The minimum Gasteiger partial charge on any atom is -0.465 e. The number of para-hydroxylation sites is 1. The monoisotopic (exact) mass is 326 g/mol. The number of amides is 1. The molecule has 1 amide bonds. The van der Waals surface area contributed by atoms with Gasteiger partial charge in [-0.25, -0.2) is 4.79 Å². The van der Waals surface area contributed by atoms with E-state index in [1.165, 1.54) is 12.7 Å². The van der Waals surface area contributed by atoms with Crippen LogP contribution in [0.3, 0.4) is 0 Å². The van der Waals surface area contributed by atoms with E-state index < -0.39 is 5.97 Å². The number of benzene rings is 2. The molecule has 0 radical (unpaired) electrons. The first kappa shape index (κ1) is 17.5. The Morgan fingerprint density at radius 1 is 1.04 bits per heavy atom. The van der Waals surface area contributed by atoms with Gasteiger partial charge in [0.15, 0.2) is 0 Å². The molecule has 0 aromatic heterocycles. The van der Waals surface area contributed by atoms with Gasteiger partial charge in [-0.3, -0.25) is 4.79 Å². The van der Waals surface area contributed by atoms with Crippen LogP contribution in [0.15, 0.2) is 42.5 Å². The molecule has 0 aliphatic rings. The molecule has 2 N–H and O–H groups in total. The van der Waals surface area contributed by atoms with E-state index in [9.17, 15) is 9.59 Å². The lowest BCUT2D eigenvalue weighted by Gasteiger charge is -2.12. The highest BCUT2D eigenvalue weighted by Crippen LogP contribution is 2.17. The predicted molar refractivity (Wildman–Crippen MR) is 95.4 cm³/mol. The van der Waals surface area contributed by atoms with Crippen molar-refractivity contribution >= 4 is 23.3 Å². The Kier molecular flexibility index (Phi) is 5.95. The van der Waals surface area contributed by atoms with Gasteiger partial charge >= 0.3 is 5.97 Å². The van der Waals surface area contributed by atoms with E-state index in [1.54, 1.807) is 24.3 Å². The molecule has 2 aromatic rings. The van der Waals surface area contributed by atoms with Crippen molar-refractivity contribution in [1.29, 1.82) is 0 Å². The molecule has 0 saturated heterocycles. The van der Waals surface area contributed by atoms with Gasteiger partial charge in [0, 0.05) is 18.7 Å². The quantitative estimate of drug-likeness (QED) is 0.797. The van der Waals surface area contributed by atoms with Crippen LogP contribution >= 0.6 is 0 Å². The maximum absolute atomic E-state index is 12.1. The van der Waals surface area contributed by atoms with Gasteiger partial charge < -0.3 is 15.4 Å². The lowest BCUT2D eigenvalue weighted by Crippen LogP contribution is -2.18. The molecule has 0 fully saturated rings. The van der Waals surface area contributed by atoms with Gasteiger partial charge in [-0.15, -0.1) is 0 Å². The fraction of sp³-hybridized carbons (Fsp3) is 0.263. The van der Waals surface area contributed by atoms with Gasteiger partial charge in [-0.05, 0) is 37.6 Å². The molecule has 0 atom stereocenters. The summed E-state index contributed by atoms with van der Waals surface area (Å²) < 4.78 is 4.72. The van der Waals surface area contributed by atoms with Gasteiger partial charge in [0.05, 0.1) is 18.4 Å². The topological polar surface area (TPSA) is 67.4 Å². The standard InChI is InChI=1S/C19H22N2O3/c1-13-8-9-16(14(2)12-13)20-11-10-18(22)21-17-7-5-4-6-15(17)19(23)24-3/h4-9,12,20H,10-11H2,1-3H3,(H,21,22). The van der Waals surface area contributed by atoms with E-state index >= 15 is 0 Å². The van der Waals surface area contributed by atoms with Crippen LogP contribution in [0.2, 0.25) is 0 Å². The SMILES string of the molecule is COC(=O)c1ccccc1NC(=O)CCNc1ccc(C)cc1C. The average molecular weight is 326 g/mol. The van der Waals surface area contributed by atoms with Crippen molar-refractivity contribution in [3.05, 3.63) is 59.2 Å². The van der Waals surface area contributed by atoms with E-state index in [4.69, 9.17) is 4.74 Å². The summed E-state index contributed by atoms with van der Waals surface area (Å²) in [6, 6.07) is 12.9. The molecule has 0 bridgehead atoms. The Bertz CT molecular complexity index is 741. The first-order chi connectivity index (χ1) is 11.5. The van der Waals surface area contributed by atoms with Gasteiger partial charge in [-0.2, -0.15) is 0 Å². The second kappa shape index (κ2) is 8.15. The summed E-state index contributed by atoms with van der Waals surface area (Å²) in [7, 11) is 1.31. The molecule has 0 heterocycles. The molecule has 0 saturated carbocycles. The highest BCUT2D eigenvalue weighted by Gasteiger charge is 2.13. The molecule has 0 spiro atoms. The third-order valence-electron chi connectivity index (χ3n) is 3.66. The molecule has 5 heteroatoms. The minimum absolute atomic E-state index is 0.163. The lowest BCUT2D eigenvalue weighted by atomic mass is 10.1. The number of carbonyl (C=O) groups is 2. The van der Waals surface area contributed by atoms with Crippen molar-refractivity contribution in [2.24, 2.45) is 0 Å². The summed E-state index contributed by atoms with van der Waals surface area (Å²) in [5.74, 6) is -0.636. The number of methoxy groups -OCH3 is 1. The number of rotatable bonds is 6. The van der Waals surface area contributed by atoms with Crippen LogP contribution in [0.1, 0.15) is 27.9 Å². The van der Waals surface area contributed by atoms with Crippen LogP contribution in [0, 0.1) is 13.8 Å². The number of hydrogen-bond acceptors (Lipinski definition) is 4. The summed E-state index contributed by atoms with van der Waals surface area (Å²) in [6.07, 6.45) is 0.294. The largest absolute Gasteiger partial charge is 0.465 e. The van der Waals surface area contributed by atoms with E-state index in [1.807, 2.05) is 26.0 Å². The zero-order chi connectivity index (χ0) is 17.5. The number of esters is 1. The highest BCUT2D eigenvalue weighted by molar-refractivity contribution is 6.01. The number of carbonyl (C=O) groups excluding carboxylic acids is 2. The molecule has 0 unspecified atom stereocenters. The Balaban J connectivity index is 1.91. The van der Waals surface area contributed by atoms with Crippen LogP contribution in [-0.4, -0.2) is 25.5 Å². The van der Waals surface area contributed by atoms with E-state index in [-0.39, 0.29) is 5.91 Å². The van der Waals surface area contributed by atoms with Crippen LogP contribution < -0.4 is 10.6 Å². The third kappa shape index (κ3) is 4.59. The summed E-state index contributed by atoms with van der Waals surface area (Å²) in [6.45, 7) is 4.58. The Morgan fingerprint density at radius 2 is 1.79 bits per heavy atom. The van der Waals surface area contributed by atoms with Crippen molar-refractivity contribution in [1.82, 2.24) is 0 Å². The molecule has 0 aliphatic heterocycles. The van der Waals surface area contributed by atoms with Gasteiger partial charge in [-0.1, -0.05) is 29.8 Å². The average Bonchev–Trinajstić information content (AvgIpc) is 2.56. The first-order valence-electron chi connectivity index (χ1n) is 7.79. The fourth-order valence-electron chi connectivity index (χ4n) is 2.42. The van der Waals surface area contributed by atoms with Crippen LogP contribution in [-0.2, 0) is 9.53 Å². The second-order valence-electron chi connectivity index (χ2n) is 5.58. The molecule has 2 aromatic carbocycles. The van der Waals surface area contributed by atoms with Crippen molar-refractivity contribution in [3.8, 4) is 0 Å². The van der Waals surface area contributed by atoms with Crippen molar-refractivity contribution in [3.63, 3.8) is 0 Å². The number of hydrogen-bond donors (Lipinski definition) is 2. The smallest absolute Gasteiger partial charge is 0.339 e. The molecule has 5 nitrogen and oxygen atoms in total. The Labute approximate surface area is 142 Å². The highest BCUT2D eigenvalue weighted by atomic mass is 16.5. The van der Waals surface area contributed by atoms with Gasteiger partial charge in [0.1, 0.15) is 0 Å². The number of anilines is 2.